The average Bonchev–Trinajstić information content (AvgIpc) is 3.11. The summed E-state index contributed by atoms with van der Waals surface area (Å²) in [6, 6.07) is 17.1. The molecule has 4 aromatic rings. The lowest BCUT2D eigenvalue weighted by molar-refractivity contribution is 0.0526. The van der Waals surface area contributed by atoms with Gasteiger partial charge in [-0.1, -0.05) is 12.1 Å². The monoisotopic (exact) mass is 372 g/mol. The Morgan fingerprint density at radius 2 is 1.86 bits per heavy atom. The molecule has 0 unspecified atom stereocenters. The zero-order valence-electron chi connectivity index (χ0n) is 15.6. The molecule has 28 heavy (non-hydrogen) atoms. The molecule has 0 saturated heterocycles. The summed E-state index contributed by atoms with van der Waals surface area (Å²) in [7, 11) is 0. The topological polar surface area (TPSA) is 69.9 Å². The number of fused-ring (bicyclic) bond motifs is 1. The fourth-order valence-electron chi connectivity index (χ4n) is 3.16. The highest BCUT2D eigenvalue weighted by molar-refractivity contribution is 5.94. The van der Waals surface area contributed by atoms with Crippen LogP contribution in [0.2, 0.25) is 0 Å². The maximum absolute atomic E-state index is 12.1. The SMILES string of the molecule is CCOC(=O)c1ccc2c(c1)nc(-c1ccccn1)n2CCc1ccccn1. The van der Waals surface area contributed by atoms with Gasteiger partial charge in [-0.05, 0) is 49.4 Å². The molecule has 6 heteroatoms. The number of aryl methyl sites for hydroxylation is 2. The second-order valence-corrected chi connectivity index (χ2v) is 6.30. The second kappa shape index (κ2) is 8.00. The Morgan fingerprint density at radius 1 is 1.04 bits per heavy atom. The summed E-state index contributed by atoms with van der Waals surface area (Å²) in [5.41, 5.74) is 3.99. The third-order valence-corrected chi connectivity index (χ3v) is 4.47. The molecular weight excluding hydrogens is 352 g/mol. The molecule has 0 aliphatic rings. The number of ether oxygens (including phenoxy) is 1. The Balaban J connectivity index is 1.76. The number of aromatic nitrogens is 4. The van der Waals surface area contributed by atoms with Crippen molar-refractivity contribution in [3.63, 3.8) is 0 Å². The normalized spacial score (nSPS) is 10.9. The number of rotatable bonds is 6. The Morgan fingerprint density at radius 3 is 2.57 bits per heavy atom. The van der Waals surface area contributed by atoms with E-state index < -0.39 is 0 Å². The van der Waals surface area contributed by atoms with Crippen LogP contribution >= 0.6 is 0 Å². The minimum Gasteiger partial charge on any atom is -0.462 e. The molecule has 0 radical (unpaired) electrons. The zero-order valence-corrected chi connectivity index (χ0v) is 15.6. The van der Waals surface area contributed by atoms with Crippen molar-refractivity contribution in [3.05, 3.63) is 78.2 Å². The molecule has 4 rings (SSSR count). The van der Waals surface area contributed by atoms with E-state index in [1.165, 1.54) is 0 Å². The van der Waals surface area contributed by atoms with Crippen LogP contribution in [-0.4, -0.2) is 32.1 Å². The van der Waals surface area contributed by atoms with Crippen molar-refractivity contribution in [2.75, 3.05) is 6.61 Å². The molecule has 3 heterocycles. The van der Waals surface area contributed by atoms with Gasteiger partial charge in [0.15, 0.2) is 5.82 Å². The summed E-state index contributed by atoms with van der Waals surface area (Å²) in [5, 5.41) is 0. The van der Waals surface area contributed by atoms with E-state index >= 15 is 0 Å². The Bertz CT molecular complexity index is 1090. The average molecular weight is 372 g/mol. The van der Waals surface area contributed by atoms with Crippen LogP contribution in [-0.2, 0) is 17.7 Å². The molecule has 0 bridgehead atoms. The van der Waals surface area contributed by atoms with E-state index in [0.717, 1.165) is 34.7 Å². The fourth-order valence-corrected chi connectivity index (χ4v) is 3.16. The first kappa shape index (κ1) is 17.9. The van der Waals surface area contributed by atoms with Gasteiger partial charge in [0.1, 0.15) is 5.69 Å². The van der Waals surface area contributed by atoms with Gasteiger partial charge in [-0.15, -0.1) is 0 Å². The largest absolute Gasteiger partial charge is 0.462 e. The zero-order chi connectivity index (χ0) is 19.3. The summed E-state index contributed by atoms with van der Waals surface area (Å²) in [6.07, 6.45) is 4.32. The van der Waals surface area contributed by atoms with E-state index in [9.17, 15) is 4.79 Å². The maximum Gasteiger partial charge on any atom is 0.338 e. The van der Waals surface area contributed by atoms with Crippen LogP contribution in [0.25, 0.3) is 22.6 Å². The van der Waals surface area contributed by atoms with Crippen LogP contribution in [0, 0.1) is 0 Å². The van der Waals surface area contributed by atoms with Gasteiger partial charge in [0.05, 0.1) is 23.2 Å². The lowest BCUT2D eigenvalue weighted by Gasteiger charge is -2.09. The van der Waals surface area contributed by atoms with E-state index in [2.05, 4.69) is 14.5 Å². The van der Waals surface area contributed by atoms with Crippen molar-refractivity contribution in [2.45, 2.75) is 19.9 Å². The van der Waals surface area contributed by atoms with Crippen LogP contribution in [0.3, 0.4) is 0 Å². The van der Waals surface area contributed by atoms with Gasteiger partial charge in [-0.2, -0.15) is 0 Å². The minimum atomic E-state index is -0.341. The van der Waals surface area contributed by atoms with Crippen molar-refractivity contribution < 1.29 is 9.53 Å². The Kier molecular flexibility index (Phi) is 5.10. The highest BCUT2D eigenvalue weighted by Gasteiger charge is 2.16. The van der Waals surface area contributed by atoms with Gasteiger partial charge < -0.3 is 9.30 Å². The van der Waals surface area contributed by atoms with Crippen molar-refractivity contribution in [1.29, 1.82) is 0 Å². The molecule has 0 N–H and O–H groups in total. The molecule has 6 nitrogen and oxygen atoms in total. The van der Waals surface area contributed by atoms with Gasteiger partial charge in [-0.25, -0.2) is 9.78 Å². The van der Waals surface area contributed by atoms with Crippen LogP contribution < -0.4 is 0 Å². The number of esters is 1. The smallest absolute Gasteiger partial charge is 0.338 e. The molecule has 0 aliphatic carbocycles. The number of benzene rings is 1. The van der Waals surface area contributed by atoms with Gasteiger partial charge in [0, 0.05) is 31.1 Å². The highest BCUT2D eigenvalue weighted by Crippen LogP contribution is 2.25. The summed E-state index contributed by atoms with van der Waals surface area (Å²) in [6.45, 7) is 2.84. The van der Waals surface area contributed by atoms with Crippen LogP contribution in [0.1, 0.15) is 23.0 Å². The lowest BCUT2D eigenvalue weighted by atomic mass is 10.2. The number of imidazole rings is 1. The standard InChI is InChI=1S/C22H20N4O2/c1-2-28-22(27)16-9-10-20-19(15-16)25-21(18-8-4-6-13-24-18)26(20)14-11-17-7-3-5-12-23-17/h3-10,12-13,15H,2,11,14H2,1H3. The molecule has 0 saturated carbocycles. The summed E-state index contributed by atoms with van der Waals surface area (Å²) < 4.78 is 7.24. The Hall–Kier alpha value is -3.54. The number of pyridine rings is 2. The third kappa shape index (κ3) is 3.62. The van der Waals surface area contributed by atoms with E-state index in [0.29, 0.717) is 18.7 Å². The van der Waals surface area contributed by atoms with Gasteiger partial charge >= 0.3 is 5.97 Å². The van der Waals surface area contributed by atoms with E-state index in [-0.39, 0.29) is 5.97 Å². The van der Waals surface area contributed by atoms with Crippen LogP contribution in [0.5, 0.6) is 0 Å². The molecule has 1 aromatic carbocycles. The van der Waals surface area contributed by atoms with E-state index in [1.54, 1.807) is 31.5 Å². The van der Waals surface area contributed by atoms with Gasteiger partial charge in [0.25, 0.3) is 0 Å². The molecule has 3 aromatic heterocycles. The van der Waals surface area contributed by atoms with Gasteiger partial charge in [-0.3, -0.25) is 9.97 Å². The number of nitrogens with zero attached hydrogens (tertiary/aromatic N) is 4. The molecule has 0 atom stereocenters. The molecule has 0 spiro atoms. The summed E-state index contributed by atoms with van der Waals surface area (Å²) in [5.74, 6) is 0.430. The lowest BCUT2D eigenvalue weighted by Crippen LogP contribution is -2.06. The maximum atomic E-state index is 12.1. The van der Waals surface area contributed by atoms with Crippen LogP contribution in [0.15, 0.2) is 67.0 Å². The molecular formula is C22H20N4O2. The van der Waals surface area contributed by atoms with Crippen molar-refractivity contribution in [3.8, 4) is 11.5 Å². The fraction of sp³-hybridized carbons (Fsp3) is 0.182. The first-order valence-electron chi connectivity index (χ1n) is 9.25. The number of hydrogen-bond donors (Lipinski definition) is 0. The summed E-state index contributed by atoms with van der Waals surface area (Å²) in [4.78, 5) is 25.7. The third-order valence-electron chi connectivity index (χ3n) is 4.47. The number of carbonyl (C=O) groups excluding carboxylic acids is 1. The molecule has 140 valence electrons. The van der Waals surface area contributed by atoms with Crippen LogP contribution in [0.4, 0.5) is 0 Å². The van der Waals surface area contributed by atoms with E-state index in [1.807, 2.05) is 42.5 Å². The predicted molar refractivity (Wildman–Crippen MR) is 107 cm³/mol. The number of carbonyl (C=O) groups is 1. The minimum absolute atomic E-state index is 0.341. The van der Waals surface area contributed by atoms with Crippen molar-refractivity contribution in [2.24, 2.45) is 0 Å². The van der Waals surface area contributed by atoms with Crippen molar-refractivity contribution in [1.82, 2.24) is 19.5 Å². The van der Waals surface area contributed by atoms with E-state index in [4.69, 9.17) is 9.72 Å². The number of hydrogen-bond acceptors (Lipinski definition) is 5. The first-order chi connectivity index (χ1) is 13.8. The summed E-state index contributed by atoms with van der Waals surface area (Å²) >= 11 is 0. The molecule has 0 amide bonds. The quantitative estimate of drug-likeness (QED) is 0.480. The highest BCUT2D eigenvalue weighted by atomic mass is 16.5. The Labute approximate surface area is 162 Å². The first-order valence-corrected chi connectivity index (χ1v) is 9.25. The van der Waals surface area contributed by atoms with Crippen molar-refractivity contribution >= 4 is 17.0 Å². The molecule has 0 fully saturated rings. The second-order valence-electron chi connectivity index (χ2n) is 6.30. The predicted octanol–water partition coefficient (Wildman–Crippen LogP) is 3.91. The van der Waals surface area contributed by atoms with Gasteiger partial charge in [0.2, 0.25) is 0 Å². The molecule has 0 aliphatic heterocycles.